The molecule has 0 aliphatic carbocycles. The van der Waals surface area contributed by atoms with E-state index in [4.69, 9.17) is 4.74 Å². The van der Waals surface area contributed by atoms with Gasteiger partial charge < -0.3 is 20.0 Å². The Morgan fingerprint density at radius 1 is 0.559 bits per heavy atom. The van der Waals surface area contributed by atoms with Crippen LogP contribution in [0.1, 0.15) is 11.1 Å². The maximum Gasteiger partial charge on any atom is 0.151 e. The van der Waals surface area contributed by atoms with Gasteiger partial charge in [0.05, 0.1) is 11.4 Å². The number of H-pyrrole nitrogens is 2. The van der Waals surface area contributed by atoms with Gasteiger partial charge in [-0.15, -0.1) is 0 Å². The normalized spacial score (nSPS) is 12.3. The second-order valence-electron chi connectivity index (χ2n) is 9.01. The molecule has 0 radical (unpaired) electrons. The number of benzene rings is 4. The van der Waals surface area contributed by atoms with Gasteiger partial charge >= 0.3 is 0 Å². The lowest BCUT2D eigenvalue weighted by molar-refractivity contribution is 0.480. The number of nitrogens with one attached hydrogen (secondary N) is 3. The predicted octanol–water partition coefficient (Wildman–Crippen LogP) is 8.45. The molecule has 0 saturated heterocycles. The van der Waals surface area contributed by atoms with Crippen molar-refractivity contribution >= 4 is 33.2 Å². The van der Waals surface area contributed by atoms with Crippen LogP contribution in [0.5, 0.6) is 11.5 Å². The quantitative estimate of drug-likeness (QED) is 0.252. The third-order valence-electron chi connectivity index (χ3n) is 7.05. The molecule has 7 rings (SSSR count). The number of aromatic amines is 2. The average Bonchev–Trinajstić information content (AvgIpc) is 3.52. The predicted molar refractivity (Wildman–Crippen MR) is 140 cm³/mol. The van der Waals surface area contributed by atoms with Crippen molar-refractivity contribution in [2.45, 2.75) is 13.8 Å². The first-order chi connectivity index (χ1) is 16.7. The summed E-state index contributed by atoms with van der Waals surface area (Å²) in [6, 6.07) is 25.8. The van der Waals surface area contributed by atoms with E-state index in [0.717, 1.165) is 33.9 Å². The first-order valence-corrected chi connectivity index (χ1v) is 11.5. The van der Waals surface area contributed by atoms with Crippen molar-refractivity contribution in [1.29, 1.82) is 0 Å². The maximum atomic E-state index is 6.36. The summed E-state index contributed by atoms with van der Waals surface area (Å²) in [5, 5.41) is 6.15. The standard InChI is InChI=1S/C30H23N3O/c1-17-23(19-3-7-25-21(15-19)11-13-31-25)5-9-27-29(17)33-30-18(2)24(6-10-28(30)34-27)20-4-8-26-22(16-20)12-14-32-26/h3-16,31-33H,1-2H3. The molecular formula is C30H23N3O. The van der Waals surface area contributed by atoms with Gasteiger partial charge in [0.2, 0.25) is 0 Å². The van der Waals surface area contributed by atoms with Gasteiger partial charge in [-0.3, -0.25) is 0 Å². The molecule has 0 amide bonds. The first-order valence-electron chi connectivity index (χ1n) is 11.5. The Bertz CT molecular complexity index is 1610. The molecule has 0 bridgehead atoms. The monoisotopic (exact) mass is 441 g/mol. The van der Waals surface area contributed by atoms with Crippen molar-refractivity contribution in [1.82, 2.24) is 9.97 Å². The van der Waals surface area contributed by atoms with Crippen molar-refractivity contribution in [2.24, 2.45) is 0 Å². The van der Waals surface area contributed by atoms with Gasteiger partial charge in [-0.25, -0.2) is 0 Å². The van der Waals surface area contributed by atoms with E-state index >= 15 is 0 Å². The first kappa shape index (κ1) is 19.1. The van der Waals surface area contributed by atoms with Crippen molar-refractivity contribution in [3.8, 4) is 33.8 Å². The van der Waals surface area contributed by atoms with Crippen LogP contribution in [0.4, 0.5) is 11.4 Å². The highest BCUT2D eigenvalue weighted by molar-refractivity contribution is 5.92. The van der Waals surface area contributed by atoms with Gasteiger partial charge in [0, 0.05) is 23.4 Å². The van der Waals surface area contributed by atoms with E-state index in [1.54, 1.807) is 0 Å². The Balaban J connectivity index is 1.32. The molecule has 4 heteroatoms. The number of aromatic nitrogens is 2. The van der Waals surface area contributed by atoms with E-state index in [2.05, 4.69) is 102 Å². The summed E-state index contributed by atoms with van der Waals surface area (Å²) in [5.74, 6) is 1.72. The SMILES string of the molecule is Cc1c(-c2ccc3[nH]ccc3c2)ccc2c1Nc1c(ccc(-c3ccc4[nH]ccc4c3)c1C)O2. The zero-order chi connectivity index (χ0) is 22.8. The van der Waals surface area contributed by atoms with Gasteiger partial charge in [0.25, 0.3) is 0 Å². The lowest BCUT2D eigenvalue weighted by atomic mass is 9.95. The van der Waals surface area contributed by atoms with Crippen molar-refractivity contribution < 1.29 is 4.74 Å². The number of hydrogen-bond acceptors (Lipinski definition) is 2. The number of fused-ring (bicyclic) bond motifs is 4. The molecule has 3 N–H and O–H groups in total. The van der Waals surface area contributed by atoms with Crippen molar-refractivity contribution in [2.75, 3.05) is 5.32 Å². The topological polar surface area (TPSA) is 52.8 Å². The third-order valence-corrected chi connectivity index (χ3v) is 7.05. The molecule has 4 aromatic carbocycles. The zero-order valence-corrected chi connectivity index (χ0v) is 19.0. The summed E-state index contributed by atoms with van der Waals surface area (Å²) in [6.07, 6.45) is 3.96. The summed E-state index contributed by atoms with van der Waals surface area (Å²) in [7, 11) is 0. The number of rotatable bonds is 2. The fraction of sp³-hybridized carbons (Fsp3) is 0.0667. The molecule has 0 fully saturated rings. The number of ether oxygens (including phenoxy) is 1. The van der Waals surface area contributed by atoms with Crippen LogP contribution in [0.2, 0.25) is 0 Å². The van der Waals surface area contributed by atoms with Crippen molar-refractivity contribution in [3.05, 3.63) is 96.3 Å². The van der Waals surface area contributed by atoms with E-state index in [-0.39, 0.29) is 0 Å². The Morgan fingerprint density at radius 2 is 1.06 bits per heavy atom. The fourth-order valence-corrected chi connectivity index (χ4v) is 5.17. The summed E-state index contributed by atoms with van der Waals surface area (Å²) >= 11 is 0. The highest BCUT2D eigenvalue weighted by Crippen LogP contribution is 2.49. The minimum atomic E-state index is 0.859. The lowest BCUT2D eigenvalue weighted by Crippen LogP contribution is -2.07. The second-order valence-corrected chi connectivity index (χ2v) is 9.01. The van der Waals surface area contributed by atoms with Crippen LogP contribution in [0.15, 0.2) is 85.2 Å². The number of anilines is 2. The Hall–Kier alpha value is -4.44. The summed E-state index contributed by atoms with van der Waals surface area (Å²) in [4.78, 5) is 6.55. The molecule has 4 nitrogen and oxygen atoms in total. The Kier molecular flexibility index (Phi) is 3.94. The molecule has 0 spiro atoms. The molecule has 3 heterocycles. The molecule has 1 aliphatic heterocycles. The van der Waals surface area contributed by atoms with Gasteiger partial charge in [0.1, 0.15) is 0 Å². The summed E-state index contributed by atoms with van der Waals surface area (Å²) in [5.41, 5.74) is 11.5. The van der Waals surface area contributed by atoms with Crippen LogP contribution in [0, 0.1) is 13.8 Å². The Labute approximate surface area is 197 Å². The minimum absolute atomic E-state index is 0.859. The van der Waals surface area contributed by atoms with Crippen molar-refractivity contribution in [3.63, 3.8) is 0 Å². The molecule has 34 heavy (non-hydrogen) atoms. The van der Waals surface area contributed by atoms with Gasteiger partial charge in [0.15, 0.2) is 11.5 Å². The minimum Gasteiger partial charge on any atom is -0.453 e. The molecule has 1 aliphatic rings. The van der Waals surface area contributed by atoms with Crippen LogP contribution in [-0.2, 0) is 0 Å². The maximum absolute atomic E-state index is 6.36. The molecule has 0 unspecified atom stereocenters. The van der Waals surface area contributed by atoms with Gasteiger partial charge in [-0.1, -0.05) is 24.3 Å². The van der Waals surface area contributed by atoms with Crippen LogP contribution in [-0.4, -0.2) is 9.97 Å². The lowest BCUT2D eigenvalue weighted by Gasteiger charge is -2.27. The summed E-state index contributed by atoms with van der Waals surface area (Å²) in [6.45, 7) is 4.33. The second kappa shape index (κ2) is 7.03. The van der Waals surface area contributed by atoms with Gasteiger partial charge in [-0.2, -0.15) is 0 Å². The zero-order valence-electron chi connectivity index (χ0n) is 19.0. The van der Waals surface area contributed by atoms with E-state index in [1.165, 1.54) is 44.2 Å². The molecule has 6 aromatic rings. The molecule has 164 valence electrons. The van der Waals surface area contributed by atoms with Crippen LogP contribution < -0.4 is 10.1 Å². The third kappa shape index (κ3) is 2.78. The number of hydrogen-bond donors (Lipinski definition) is 3. The van der Waals surface area contributed by atoms with Crippen LogP contribution in [0.3, 0.4) is 0 Å². The molecule has 2 aromatic heterocycles. The average molecular weight is 442 g/mol. The van der Waals surface area contributed by atoms with E-state index in [9.17, 15) is 0 Å². The Morgan fingerprint density at radius 3 is 1.56 bits per heavy atom. The van der Waals surface area contributed by atoms with E-state index < -0.39 is 0 Å². The largest absolute Gasteiger partial charge is 0.453 e. The smallest absolute Gasteiger partial charge is 0.151 e. The molecule has 0 saturated carbocycles. The fourth-order valence-electron chi connectivity index (χ4n) is 5.17. The van der Waals surface area contributed by atoms with Crippen LogP contribution >= 0.6 is 0 Å². The highest BCUT2D eigenvalue weighted by Gasteiger charge is 2.23. The highest BCUT2D eigenvalue weighted by atomic mass is 16.5. The molecule has 0 atom stereocenters. The van der Waals surface area contributed by atoms with E-state index in [1.807, 2.05) is 12.4 Å². The van der Waals surface area contributed by atoms with E-state index in [0.29, 0.717) is 0 Å². The van der Waals surface area contributed by atoms with Crippen LogP contribution in [0.25, 0.3) is 44.1 Å². The molecular weight excluding hydrogens is 418 g/mol. The van der Waals surface area contributed by atoms with Gasteiger partial charge in [-0.05, 0) is 107 Å². The summed E-state index contributed by atoms with van der Waals surface area (Å²) < 4.78 is 6.36.